The van der Waals surface area contributed by atoms with E-state index >= 15 is 0 Å². The van der Waals surface area contributed by atoms with Gasteiger partial charge in [-0.2, -0.15) is 14.1 Å². The fraction of sp³-hybridized carbons (Fsp3) is 0.464. The Hall–Kier alpha value is -2.31. The number of carbonyl (C=O) groups is 1. The molecule has 0 bridgehead atoms. The van der Waals surface area contributed by atoms with Crippen LogP contribution in [-0.4, -0.2) is 24.8 Å². The number of carbonyl (C=O) groups excluding carboxylic acids is 1. The number of benzene rings is 2. The molecule has 0 spiro atoms. The van der Waals surface area contributed by atoms with Crippen molar-refractivity contribution in [1.82, 2.24) is 0 Å². The summed E-state index contributed by atoms with van der Waals surface area (Å²) >= 11 is 0.172. The number of halogens is 1. The standard InChI is InChI=1S/C18H26N2.C7H5FOS.C2H6.CH5N/c1-5-6-7-8-17-14(3)15(4)19-20-18(17)16-11-9-13(2)10-12-16;8-10-7-3-1-6(5-9)2-4-7;2*1-2/h9-12,14,17H,5-8H2,1-4H3;1-5H;1-2H3;2H2,1H3. The van der Waals surface area contributed by atoms with Crippen molar-refractivity contribution in [2.75, 3.05) is 7.05 Å². The summed E-state index contributed by atoms with van der Waals surface area (Å²) in [5.74, 6) is 1.02. The first kappa shape index (κ1) is 31.7. The number of hydrogen-bond acceptors (Lipinski definition) is 5. The van der Waals surface area contributed by atoms with Gasteiger partial charge in [-0.25, -0.2) is 0 Å². The van der Waals surface area contributed by atoms with Crippen LogP contribution >= 0.6 is 12.1 Å². The number of aldehydes is 1. The molecule has 2 aromatic rings. The number of aryl methyl sites for hydroxylation is 1. The third-order valence-corrected chi connectivity index (χ3v) is 5.95. The van der Waals surface area contributed by atoms with Gasteiger partial charge in [0, 0.05) is 28.0 Å². The van der Waals surface area contributed by atoms with Crippen molar-refractivity contribution in [1.29, 1.82) is 0 Å². The van der Waals surface area contributed by atoms with E-state index in [-0.39, 0.29) is 12.1 Å². The van der Waals surface area contributed by atoms with Crippen LogP contribution in [0.4, 0.5) is 3.89 Å². The highest BCUT2D eigenvalue weighted by Gasteiger charge is 2.28. The molecule has 0 aliphatic carbocycles. The second-order valence-electron chi connectivity index (χ2n) is 7.75. The molecule has 34 heavy (non-hydrogen) atoms. The average molecular weight is 488 g/mol. The van der Waals surface area contributed by atoms with Gasteiger partial charge in [0.2, 0.25) is 0 Å². The van der Waals surface area contributed by atoms with Gasteiger partial charge in [-0.1, -0.05) is 88.9 Å². The first-order chi connectivity index (χ1) is 16.5. The maximum absolute atomic E-state index is 11.8. The van der Waals surface area contributed by atoms with E-state index in [0.29, 0.717) is 22.3 Å². The lowest BCUT2D eigenvalue weighted by Crippen LogP contribution is -2.30. The molecule has 0 amide bonds. The topological polar surface area (TPSA) is 67.8 Å². The Morgan fingerprint density at radius 3 is 2.06 bits per heavy atom. The van der Waals surface area contributed by atoms with Crippen LogP contribution in [0, 0.1) is 18.8 Å². The van der Waals surface area contributed by atoms with Crippen molar-refractivity contribution in [2.45, 2.75) is 72.1 Å². The van der Waals surface area contributed by atoms with Crippen molar-refractivity contribution in [3.05, 3.63) is 65.2 Å². The van der Waals surface area contributed by atoms with E-state index in [1.807, 2.05) is 13.8 Å². The molecule has 2 aromatic carbocycles. The lowest BCUT2D eigenvalue weighted by atomic mass is 9.79. The molecule has 0 fully saturated rings. The average Bonchev–Trinajstić information content (AvgIpc) is 2.90. The van der Waals surface area contributed by atoms with Crippen LogP contribution < -0.4 is 5.73 Å². The summed E-state index contributed by atoms with van der Waals surface area (Å²) in [6.45, 7) is 12.8. The molecular formula is C28H42FN3OS. The quantitative estimate of drug-likeness (QED) is 0.317. The molecule has 2 atom stereocenters. The Morgan fingerprint density at radius 2 is 1.56 bits per heavy atom. The van der Waals surface area contributed by atoms with Crippen LogP contribution in [0.2, 0.25) is 0 Å². The van der Waals surface area contributed by atoms with Crippen molar-refractivity contribution in [2.24, 2.45) is 27.8 Å². The van der Waals surface area contributed by atoms with Gasteiger partial charge < -0.3 is 5.73 Å². The Labute approximate surface area is 210 Å². The minimum Gasteiger partial charge on any atom is -0.333 e. The van der Waals surface area contributed by atoms with Gasteiger partial charge in [0.15, 0.2) is 0 Å². The highest BCUT2D eigenvalue weighted by molar-refractivity contribution is 7.94. The van der Waals surface area contributed by atoms with Gasteiger partial charge in [-0.15, -0.1) is 0 Å². The summed E-state index contributed by atoms with van der Waals surface area (Å²) in [4.78, 5) is 10.6. The largest absolute Gasteiger partial charge is 0.333 e. The van der Waals surface area contributed by atoms with Crippen LogP contribution in [0.3, 0.4) is 0 Å². The Bertz CT molecular complexity index is 864. The fourth-order valence-corrected chi connectivity index (χ4v) is 3.66. The maximum atomic E-state index is 11.8. The third kappa shape index (κ3) is 10.7. The number of rotatable bonds is 7. The molecule has 3 rings (SSSR count). The van der Waals surface area contributed by atoms with Crippen molar-refractivity contribution in [3.8, 4) is 0 Å². The van der Waals surface area contributed by atoms with E-state index in [4.69, 9.17) is 0 Å². The monoisotopic (exact) mass is 487 g/mol. The summed E-state index contributed by atoms with van der Waals surface area (Å²) in [5.41, 5.74) is 9.94. The van der Waals surface area contributed by atoms with E-state index in [2.05, 4.69) is 67.9 Å². The van der Waals surface area contributed by atoms with E-state index in [9.17, 15) is 8.68 Å². The molecule has 0 saturated heterocycles. The zero-order valence-corrected chi connectivity index (χ0v) is 22.7. The number of unbranched alkanes of at least 4 members (excludes halogenated alkanes) is 2. The minimum absolute atomic E-state index is 0.172. The second-order valence-corrected chi connectivity index (χ2v) is 8.37. The van der Waals surface area contributed by atoms with Crippen LogP contribution in [0.25, 0.3) is 0 Å². The molecule has 1 aliphatic rings. The summed E-state index contributed by atoms with van der Waals surface area (Å²) in [6.07, 6.45) is 5.80. The van der Waals surface area contributed by atoms with Crippen LogP contribution in [0.5, 0.6) is 0 Å². The lowest BCUT2D eigenvalue weighted by molar-refractivity contribution is 0.112. The molecule has 0 saturated carbocycles. The molecule has 0 aromatic heterocycles. The Morgan fingerprint density at radius 1 is 0.971 bits per heavy atom. The molecule has 4 nitrogen and oxygen atoms in total. The number of nitrogens with two attached hydrogens (primary N) is 1. The Balaban J connectivity index is 0.000000653. The SMILES string of the molecule is CC.CCCCCC1C(c2ccc(C)cc2)=NN=C(C)C1C.CN.O=Cc1ccc(SF)cc1. The molecule has 0 radical (unpaired) electrons. The van der Waals surface area contributed by atoms with E-state index in [1.165, 1.54) is 55.3 Å². The number of hydrogen-bond donors (Lipinski definition) is 1. The van der Waals surface area contributed by atoms with Gasteiger partial charge in [-0.05, 0) is 45.0 Å². The zero-order valence-electron chi connectivity index (χ0n) is 21.8. The van der Waals surface area contributed by atoms with Gasteiger partial charge in [0.05, 0.1) is 17.9 Å². The zero-order chi connectivity index (χ0) is 25.9. The first-order valence-electron chi connectivity index (χ1n) is 12.1. The predicted octanol–water partition coefficient (Wildman–Crippen LogP) is 8.08. The minimum atomic E-state index is 0.172. The fourth-order valence-electron chi connectivity index (χ4n) is 3.42. The van der Waals surface area contributed by atoms with Gasteiger partial charge >= 0.3 is 0 Å². The smallest absolute Gasteiger partial charge is 0.150 e. The first-order valence-corrected chi connectivity index (χ1v) is 12.8. The van der Waals surface area contributed by atoms with Gasteiger partial charge in [0.1, 0.15) is 6.29 Å². The van der Waals surface area contributed by atoms with Gasteiger partial charge in [-0.3, -0.25) is 4.79 Å². The molecule has 1 aliphatic heterocycles. The van der Waals surface area contributed by atoms with E-state index in [0.717, 1.165) is 6.29 Å². The maximum Gasteiger partial charge on any atom is 0.150 e. The molecule has 6 heteroatoms. The van der Waals surface area contributed by atoms with E-state index < -0.39 is 0 Å². The molecule has 2 N–H and O–H groups in total. The summed E-state index contributed by atoms with van der Waals surface area (Å²) in [7, 11) is 1.50. The highest BCUT2D eigenvalue weighted by atomic mass is 32.2. The van der Waals surface area contributed by atoms with Crippen molar-refractivity contribution in [3.63, 3.8) is 0 Å². The second kappa shape index (κ2) is 19.0. The summed E-state index contributed by atoms with van der Waals surface area (Å²) in [5, 5.41) is 8.90. The summed E-state index contributed by atoms with van der Waals surface area (Å²) < 4.78 is 11.8. The third-order valence-electron chi connectivity index (χ3n) is 5.50. The Kier molecular flexibility index (Phi) is 17.8. The molecule has 1 heterocycles. The van der Waals surface area contributed by atoms with Crippen molar-refractivity contribution >= 4 is 29.9 Å². The normalized spacial score (nSPS) is 16.3. The van der Waals surface area contributed by atoms with E-state index in [1.54, 1.807) is 24.3 Å². The lowest BCUT2D eigenvalue weighted by Gasteiger charge is -2.28. The predicted molar refractivity (Wildman–Crippen MR) is 148 cm³/mol. The summed E-state index contributed by atoms with van der Waals surface area (Å²) in [6, 6.07) is 15.0. The van der Waals surface area contributed by atoms with Crippen molar-refractivity contribution < 1.29 is 8.68 Å². The molecular weight excluding hydrogens is 445 g/mol. The number of nitrogens with zero attached hydrogens (tertiary/aromatic N) is 2. The molecule has 188 valence electrons. The molecule has 2 unspecified atom stereocenters. The van der Waals surface area contributed by atoms with Crippen LogP contribution in [0.15, 0.2) is 63.6 Å². The van der Waals surface area contributed by atoms with Crippen LogP contribution in [0.1, 0.15) is 81.8 Å². The highest BCUT2D eigenvalue weighted by Crippen LogP contribution is 2.29. The van der Waals surface area contributed by atoms with Crippen LogP contribution in [-0.2, 0) is 0 Å². The van der Waals surface area contributed by atoms with Gasteiger partial charge in [0.25, 0.3) is 0 Å².